The topological polar surface area (TPSA) is 46.4 Å². The van der Waals surface area contributed by atoms with Crippen molar-refractivity contribution >= 4 is 17.2 Å². The number of anilines is 1. The molecule has 2 aromatic heterocycles. The number of nitrogens with zero attached hydrogens (tertiary/aromatic N) is 2. The van der Waals surface area contributed by atoms with Gasteiger partial charge in [0.1, 0.15) is 5.65 Å². The highest BCUT2D eigenvalue weighted by molar-refractivity contribution is 5.93. The number of hydrogen-bond acceptors (Lipinski definition) is 2. The van der Waals surface area contributed by atoms with Crippen LogP contribution in [0.15, 0.2) is 42.6 Å². The number of rotatable bonds is 4. The average molecular weight is 321 g/mol. The van der Waals surface area contributed by atoms with E-state index in [2.05, 4.69) is 30.2 Å². The Labute approximate surface area is 142 Å². The second-order valence-electron chi connectivity index (χ2n) is 6.50. The minimum atomic E-state index is -0.0190. The number of para-hydroxylation sites is 1. The van der Waals surface area contributed by atoms with Crippen molar-refractivity contribution in [2.75, 3.05) is 5.32 Å². The third kappa shape index (κ3) is 3.04. The monoisotopic (exact) mass is 321 g/mol. The first kappa shape index (κ1) is 16.2. The van der Waals surface area contributed by atoms with Crippen LogP contribution in [-0.4, -0.2) is 15.3 Å². The van der Waals surface area contributed by atoms with Crippen LogP contribution in [0.3, 0.4) is 0 Å². The second-order valence-corrected chi connectivity index (χ2v) is 6.50. The van der Waals surface area contributed by atoms with Gasteiger partial charge >= 0.3 is 0 Å². The molecule has 3 rings (SSSR count). The van der Waals surface area contributed by atoms with Crippen LogP contribution in [0.4, 0.5) is 5.69 Å². The predicted molar refractivity (Wildman–Crippen MR) is 97.5 cm³/mol. The summed E-state index contributed by atoms with van der Waals surface area (Å²) in [5, 5.41) is 3.06. The molecule has 0 aliphatic heterocycles. The molecule has 3 aromatic rings. The van der Waals surface area contributed by atoms with E-state index in [9.17, 15) is 4.79 Å². The zero-order valence-corrected chi connectivity index (χ0v) is 14.6. The minimum absolute atomic E-state index is 0.0190. The molecule has 0 unspecified atom stereocenters. The van der Waals surface area contributed by atoms with E-state index in [-0.39, 0.29) is 5.91 Å². The first-order valence-electron chi connectivity index (χ1n) is 8.29. The van der Waals surface area contributed by atoms with Crippen molar-refractivity contribution in [3.8, 4) is 0 Å². The summed E-state index contributed by atoms with van der Waals surface area (Å²) in [6.07, 6.45) is 2.27. The molecule has 0 aliphatic carbocycles. The van der Waals surface area contributed by atoms with Gasteiger partial charge in [-0.25, -0.2) is 4.98 Å². The van der Waals surface area contributed by atoms with Gasteiger partial charge in [-0.2, -0.15) is 0 Å². The Kier molecular flexibility index (Phi) is 4.38. The summed E-state index contributed by atoms with van der Waals surface area (Å²) in [5.74, 6) is 0.344. The van der Waals surface area contributed by atoms with Gasteiger partial charge in [-0.15, -0.1) is 0 Å². The fourth-order valence-corrected chi connectivity index (χ4v) is 3.04. The predicted octanol–water partition coefficient (Wildman–Crippen LogP) is 4.26. The van der Waals surface area contributed by atoms with Crippen LogP contribution in [-0.2, 0) is 11.2 Å². The lowest BCUT2D eigenvalue weighted by Gasteiger charge is -2.13. The van der Waals surface area contributed by atoms with Gasteiger partial charge in [0, 0.05) is 11.9 Å². The van der Waals surface area contributed by atoms with Crippen LogP contribution in [0, 0.1) is 13.8 Å². The van der Waals surface area contributed by atoms with Gasteiger partial charge in [-0.3, -0.25) is 4.79 Å². The summed E-state index contributed by atoms with van der Waals surface area (Å²) < 4.78 is 2.01. The second kappa shape index (κ2) is 6.48. The van der Waals surface area contributed by atoms with Crippen molar-refractivity contribution in [2.24, 2.45) is 0 Å². The number of nitrogens with one attached hydrogen (secondary N) is 1. The number of carbonyl (C=O) groups excluding carboxylic acids is 1. The van der Waals surface area contributed by atoms with Gasteiger partial charge in [0.15, 0.2) is 0 Å². The van der Waals surface area contributed by atoms with Crippen molar-refractivity contribution in [3.63, 3.8) is 0 Å². The van der Waals surface area contributed by atoms with E-state index in [1.165, 1.54) is 0 Å². The molecule has 0 aliphatic rings. The number of carbonyl (C=O) groups is 1. The minimum Gasteiger partial charge on any atom is -0.325 e. The third-order valence-corrected chi connectivity index (χ3v) is 4.33. The Morgan fingerprint density at radius 1 is 1.17 bits per heavy atom. The van der Waals surface area contributed by atoms with Gasteiger partial charge < -0.3 is 9.72 Å². The van der Waals surface area contributed by atoms with E-state index in [0.29, 0.717) is 12.3 Å². The molecular formula is C20H23N3O. The SMILES string of the molecule is Cc1nc2c(C)cccn2c1CC(=O)Nc1ccccc1C(C)C. The van der Waals surface area contributed by atoms with Crippen molar-refractivity contribution in [1.82, 2.24) is 9.38 Å². The average Bonchev–Trinajstić information content (AvgIpc) is 2.85. The molecule has 124 valence electrons. The summed E-state index contributed by atoms with van der Waals surface area (Å²) in [4.78, 5) is 17.2. The summed E-state index contributed by atoms with van der Waals surface area (Å²) >= 11 is 0. The van der Waals surface area contributed by atoms with Crippen LogP contribution in [0.2, 0.25) is 0 Å². The summed E-state index contributed by atoms with van der Waals surface area (Å²) in [5.41, 5.74) is 5.90. The van der Waals surface area contributed by atoms with Gasteiger partial charge in [-0.1, -0.05) is 38.1 Å². The number of hydrogen-bond donors (Lipinski definition) is 1. The zero-order valence-electron chi connectivity index (χ0n) is 14.6. The highest BCUT2D eigenvalue weighted by Gasteiger charge is 2.15. The maximum Gasteiger partial charge on any atom is 0.230 e. The number of benzene rings is 1. The Morgan fingerprint density at radius 2 is 1.92 bits per heavy atom. The molecule has 0 saturated carbocycles. The van der Waals surface area contributed by atoms with Crippen molar-refractivity contribution in [1.29, 1.82) is 0 Å². The van der Waals surface area contributed by atoms with Gasteiger partial charge in [0.25, 0.3) is 0 Å². The third-order valence-electron chi connectivity index (χ3n) is 4.33. The van der Waals surface area contributed by atoms with E-state index in [1.807, 2.05) is 54.8 Å². The molecule has 1 amide bonds. The van der Waals surface area contributed by atoms with Crippen molar-refractivity contribution < 1.29 is 4.79 Å². The highest BCUT2D eigenvalue weighted by Crippen LogP contribution is 2.24. The zero-order chi connectivity index (χ0) is 17.3. The molecule has 1 aromatic carbocycles. The Balaban J connectivity index is 1.86. The van der Waals surface area contributed by atoms with Crippen LogP contribution in [0.1, 0.15) is 42.3 Å². The molecule has 2 heterocycles. The molecule has 4 nitrogen and oxygen atoms in total. The van der Waals surface area contributed by atoms with Gasteiger partial charge in [0.2, 0.25) is 5.91 Å². The number of fused-ring (bicyclic) bond motifs is 1. The molecule has 0 radical (unpaired) electrons. The molecule has 24 heavy (non-hydrogen) atoms. The van der Waals surface area contributed by atoms with Gasteiger partial charge in [-0.05, 0) is 43.0 Å². The lowest BCUT2D eigenvalue weighted by Crippen LogP contribution is -2.17. The summed E-state index contributed by atoms with van der Waals surface area (Å²) in [6, 6.07) is 12.0. The maximum absolute atomic E-state index is 12.6. The molecular weight excluding hydrogens is 298 g/mol. The maximum atomic E-state index is 12.6. The van der Waals surface area contributed by atoms with Crippen LogP contribution >= 0.6 is 0 Å². The lowest BCUT2D eigenvalue weighted by atomic mass is 10.0. The van der Waals surface area contributed by atoms with E-state index in [0.717, 1.165) is 33.8 Å². The summed E-state index contributed by atoms with van der Waals surface area (Å²) in [6.45, 7) is 8.24. The normalized spacial score (nSPS) is 11.2. The first-order valence-corrected chi connectivity index (χ1v) is 8.29. The van der Waals surface area contributed by atoms with Crippen LogP contribution in [0.25, 0.3) is 5.65 Å². The van der Waals surface area contributed by atoms with Crippen LogP contribution < -0.4 is 5.32 Å². The molecule has 0 fully saturated rings. The molecule has 4 heteroatoms. The van der Waals surface area contributed by atoms with E-state index in [4.69, 9.17) is 0 Å². The molecule has 0 saturated heterocycles. The van der Waals surface area contributed by atoms with E-state index >= 15 is 0 Å². The number of imidazole rings is 1. The molecule has 0 bridgehead atoms. The molecule has 1 N–H and O–H groups in total. The van der Waals surface area contributed by atoms with Crippen molar-refractivity contribution in [2.45, 2.75) is 40.0 Å². The van der Waals surface area contributed by atoms with Crippen LogP contribution in [0.5, 0.6) is 0 Å². The Hall–Kier alpha value is -2.62. The molecule has 0 spiro atoms. The van der Waals surface area contributed by atoms with Gasteiger partial charge in [0.05, 0.1) is 17.8 Å². The lowest BCUT2D eigenvalue weighted by molar-refractivity contribution is -0.115. The molecule has 0 atom stereocenters. The number of pyridine rings is 1. The first-order chi connectivity index (χ1) is 11.5. The fourth-order valence-electron chi connectivity index (χ4n) is 3.04. The van der Waals surface area contributed by atoms with Crippen molar-refractivity contribution in [3.05, 3.63) is 65.1 Å². The number of amides is 1. The highest BCUT2D eigenvalue weighted by atomic mass is 16.1. The largest absolute Gasteiger partial charge is 0.325 e. The fraction of sp³-hybridized carbons (Fsp3) is 0.300. The Bertz CT molecular complexity index is 893. The van der Waals surface area contributed by atoms with E-state index in [1.54, 1.807) is 0 Å². The Morgan fingerprint density at radius 3 is 2.67 bits per heavy atom. The van der Waals surface area contributed by atoms with E-state index < -0.39 is 0 Å². The summed E-state index contributed by atoms with van der Waals surface area (Å²) in [7, 11) is 0. The number of aromatic nitrogens is 2. The number of aryl methyl sites for hydroxylation is 2. The standard InChI is InChI=1S/C20H23N3O/c1-13(2)16-9-5-6-10-17(16)22-19(24)12-18-15(4)21-20-14(3)8-7-11-23(18)20/h5-11,13H,12H2,1-4H3,(H,22,24). The smallest absolute Gasteiger partial charge is 0.230 e. The quantitative estimate of drug-likeness (QED) is 0.780.